The third kappa shape index (κ3) is 19.4. The Morgan fingerprint density at radius 2 is 0.633 bits per heavy atom. The van der Waals surface area contributed by atoms with Gasteiger partial charge in [-0.15, -0.1) is 0 Å². The Bertz CT molecular complexity index is 9020. The number of aromatic nitrogens is 25. The van der Waals surface area contributed by atoms with Crippen molar-refractivity contribution in [2.45, 2.75) is 149 Å². The van der Waals surface area contributed by atoms with E-state index >= 15 is 0 Å². The van der Waals surface area contributed by atoms with Crippen LogP contribution in [-0.2, 0) is 0 Å². The topological polar surface area (TPSA) is 468 Å². The fraction of sp³-hybridized carbons (Fsp3) is 0.219. The minimum atomic E-state index is -0.871. The Morgan fingerprint density at radius 1 is 0.333 bits per heavy atom. The Morgan fingerprint density at radius 3 is 0.980 bits per heavy atom. The smallest absolute Gasteiger partial charge is 0.312 e. The molecule has 15 aromatic heterocycles. The van der Waals surface area contributed by atoms with E-state index in [9.17, 15) is 32.8 Å². The quantitative estimate of drug-likeness (QED) is 0.0316. The van der Waals surface area contributed by atoms with Gasteiger partial charge in [0, 0.05) is 58.0 Å². The van der Waals surface area contributed by atoms with Gasteiger partial charge in [0.15, 0.2) is 57.3 Å². The van der Waals surface area contributed by atoms with E-state index in [0.29, 0.717) is 93.4 Å². The number of nitrogens with zero attached hydrogens (tertiary/aromatic N) is 20. The largest absolute Gasteiger partial charge is 0.368 e. The summed E-state index contributed by atoms with van der Waals surface area (Å²) in [6.45, 7) is 17.5. The summed E-state index contributed by atoms with van der Waals surface area (Å²) in [6.07, 6.45) is 11.6. The number of nitrogen functional groups attached to an aromatic ring is 1. The van der Waals surface area contributed by atoms with E-state index in [0.717, 1.165) is 144 Å². The van der Waals surface area contributed by atoms with Gasteiger partial charge >= 0.3 is 12.2 Å². The minimum absolute atomic E-state index is 0. The summed E-state index contributed by atoms with van der Waals surface area (Å²) >= 11 is 18.9. The Kier molecular flexibility index (Phi) is 26.9. The molecule has 147 heavy (non-hydrogen) atoms. The number of hydrogen-bond donors (Lipinski definition) is 11. The lowest BCUT2D eigenvalue weighted by Crippen LogP contribution is -2.26. The van der Waals surface area contributed by atoms with Gasteiger partial charge in [-0.25, -0.2) is 44.9 Å². The molecule has 3 aliphatic carbocycles. The maximum absolute atomic E-state index is 13.9. The first-order valence-electron chi connectivity index (χ1n) is 47.4. The zero-order valence-corrected chi connectivity index (χ0v) is 83.8. The van der Waals surface area contributed by atoms with Crippen molar-refractivity contribution in [2.75, 3.05) is 32.3 Å². The molecule has 0 radical (unpaired) electrons. The molecule has 742 valence electrons. The SMILES string of the molecule is C[C@H](Nc1nc(F)nc2nc[nH]c12)c1cc2cccc(Cl)c2c(=O)n1C1CC1.C[C@H](Nc1nc(N)nc2nc[nH]c12)c1cc2cccc(Cl)c2c(=O)n1C1CC1.Cc1cccc2cc([C@H](C)Nc3nc(F)nc4nc[nH]c34)n(-c3ccccc3)c(=O)c12.Cc1nc2ncnc(N[C@@H](C)c3cc4cccc(C)c4c(=O)n3-c3ccccc3)c2[nH]1.Cc1nc2ncnc(N[C@@H](C)c3cc4cccc(Cl)c4c(=O)n3C3CC3)c2[nH]1.S. The first-order chi connectivity index (χ1) is 70.6. The van der Waals surface area contributed by atoms with Crippen LogP contribution in [0, 0.1) is 39.9 Å². The number of rotatable bonds is 20. The number of pyridine rings is 5. The second-order valence-corrected chi connectivity index (χ2v) is 37.7. The van der Waals surface area contributed by atoms with Crippen LogP contribution >= 0.6 is 48.3 Å². The van der Waals surface area contributed by atoms with Crippen LogP contribution in [0.15, 0.2) is 238 Å². The molecule has 12 N–H and O–H groups in total. The van der Waals surface area contributed by atoms with Crippen LogP contribution < -0.4 is 60.1 Å². The molecule has 0 saturated heterocycles. The number of anilines is 6. The number of aryl methyl sites for hydroxylation is 4. The molecular formula is C105H96Cl3F2N31O5S. The Labute approximate surface area is 855 Å². The summed E-state index contributed by atoms with van der Waals surface area (Å²) in [5.41, 5.74) is 18.5. The molecule has 0 amide bonds. The normalized spacial score (nSPS) is 13.9. The lowest BCUT2D eigenvalue weighted by atomic mass is 10.0. The number of halogens is 5. The summed E-state index contributed by atoms with van der Waals surface area (Å²) in [5, 5.41) is 25.4. The lowest BCUT2D eigenvalue weighted by molar-refractivity contribution is 0.543. The third-order valence-corrected chi connectivity index (χ3v) is 27.1. The third-order valence-electron chi connectivity index (χ3n) is 26.1. The van der Waals surface area contributed by atoms with Crippen molar-refractivity contribution in [1.29, 1.82) is 0 Å². The summed E-state index contributed by atoms with van der Waals surface area (Å²) in [5.74, 6) is 4.13. The second kappa shape index (κ2) is 40.4. The highest BCUT2D eigenvalue weighted by molar-refractivity contribution is 7.59. The maximum Gasteiger partial charge on any atom is 0.312 e. The van der Waals surface area contributed by atoms with E-state index in [1.165, 1.54) is 25.3 Å². The molecule has 3 fully saturated rings. The van der Waals surface area contributed by atoms with Crippen molar-refractivity contribution in [2.24, 2.45) is 0 Å². The molecular weight excluding hydrogens is 1950 g/mol. The standard InChI is InChI=1S/C24H22N6O.C23H19FN6O.C20H19ClN6O.C19H16ClFN6O.C19H18ClN7O.H2S/c1-14-8-7-9-17-12-19(30(24(31)20(14)17)18-10-5-4-6-11-18)15(2)27-22-21-23(26-13-25-22)29-16(3)28-21;1-13-7-6-8-15-11-17(30(22(31)18(13)15)16-9-4-3-5-10-16)14(2)27-21-19-20(26-12-25-19)28-23(24)29-21;1-10(24-18-17-19(23-9-22-18)26-11(2)25-17)15-8-12-4-3-5-14(21)16(12)20(28)27(15)13-6-7-13;2*1-9(24-17-15-16(23-8-22-15)25-19(21)26-17)13-7-10-3-2-4-12(20)14(10)18(28)27(13)11-5-6-11;/h4-13,15H,1-3H3,(H2,25,26,27,28,29);3-12,14H,1-2H3,(H2,25,26,27,28,29);3-5,8-10,13H,6-7H2,1-2H3,(H2,22,23,24,25,26);2-4,7-9,11H,5-6H2,1H3,(H2,22,23,24,25,26);2-4,7-9,11H,5-6H2,1H3,(H4,21,22,23,24,25,26);1H2/t15-;14-;10-;2*9-;/m00000./s1. The predicted molar refractivity (Wildman–Crippen MR) is 576 cm³/mol. The fourth-order valence-corrected chi connectivity index (χ4v) is 19.7. The summed E-state index contributed by atoms with van der Waals surface area (Å²) in [4.78, 5) is 144. The number of nitrogens with one attached hydrogen (secondary N) is 10. The van der Waals surface area contributed by atoms with E-state index in [1.54, 1.807) is 38.2 Å². The Hall–Kier alpha value is -16.8. The van der Waals surface area contributed by atoms with Gasteiger partial charge in [0.1, 0.15) is 51.9 Å². The molecule has 36 nitrogen and oxygen atoms in total. The zero-order chi connectivity index (χ0) is 101. The van der Waals surface area contributed by atoms with Crippen molar-refractivity contribution in [3.8, 4) is 11.4 Å². The van der Waals surface area contributed by atoms with E-state index in [1.807, 2.05) is 223 Å². The molecule has 3 saturated carbocycles. The molecule has 7 aromatic carbocycles. The number of imidazole rings is 5. The first kappa shape index (κ1) is 97.7. The number of hydrogen-bond acceptors (Lipinski definition) is 26. The van der Waals surface area contributed by atoms with Crippen molar-refractivity contribution >= 4 is 193 Å². The molecule has 0 bridgehead atoms. The molecule has 0 aliphatic heterocycles. The van der Waals surface area contributed by atoms with Gasteiger partial charge in [0.2, 0.25) is 5.95 Å². The zero-order valence-electron chi connectivity index (χ0n) is 80.5. The number of para-hydroxylation sites is 2. The van der Waals surface area contributed by atoms with Crippen LogP contribution in [0.25, 0.3) is 121 Å². The average molecular weight is 2050 g/mol. The van der Waals surface area contributed by atoms with E-state index in [-0.39, 0.29) is 113 Å². The fourth-order valence-electron chi connectivity index (χ4n) is 18.9. The number of H-pyrrole nitrogens is 5. The average Bonchev–Trinajstić information content (AvgIpc) is 1.77. The van der Waals surface area contributed by atoms with Gasteiger partial charge in [-0.1, -0.05) is 144 Å². The molecule has 15 heterocycles. The number of aromatic amines is 5. The van der Waals surface area contributed by atoms with Crippen LogP contribution in [-0.4, -0.2) is 123 Å². The van der Waals surface area contributed by atoms with Gasteiger partial charge in [-0.05, 0) is 212 Å². The van der Waals surface area contributed by atoms with Crippen LogP contribution in [0.2, 0.25) is 15.1 Å². The summed E-state index contributed by atoms with van der Waals surface area (Å²) in [6, 6.07) is 56.8. The van der Waals surface area contributed by atoms with Crippen LogP contribution in [0.5, 0.6) is 0 Å². The van der Waals surface area contributed by atoms with Crippen molar-refractivity contribution in [1.82, 2.24) is 123 Å². The van der Waals surface area contributed by atoms with Crippen LogP contribution in [0.1, 0.15) is 173 Å². The van der Waals surface area contributed by atoms with Gasteiger partial charge in [0.25, 0.3) is 27.8 Å². The summed E-state index contributed by atoms with van der Waals surface area (Å²) < 4.78 is 36.7. The number of nitrogens with two attached hydrogens (primary N) is 1. The number of fused-ring (bicyclic) bond motifs is 10. The lowest BCUT2D eigenvalue weighted by Gasteiger charge is -2.22. The molecule has 5 atom stereocenters. The molecule has 3 aliphatic rings. The van der Waals surface area contributed by atoms with E-state index in [2.05, 4.69) is 138 Å². The second-order valence-electron chi connectivity index (χ2n) is 36.4. The molecule has 42 heteroatoms. The Balaban J connectivity index is 0.000000111. The number of benzene rings is 7. The predicted octanol–water partition coefficient (Wildman–Crippen LogP) is 20.4. The molecule has 0 spiro atoms. The van der Waals surface area contributed by atoms with E-state index in [4.69, 9.17) is 40.5 Å². The van der Waals surface area contributed by atoms with Crippen LogP contribution in [0.4, 0.5) is 43.8 Å². The summed E-state index contributed by atoms with van der Waals surface area (Å²) in [7, 11) is 0. The van der Waals surface area contributed by atoms with Gasteiger partial charge in [0.05, 0.1) is 91.2 Å². The first-order valence-corrected chi connectivity index (χ1v) is 48.6. The highest BCUT2D eigenvalue weighted by atomic mass is 35.5. The maximum atomic E-state index is 13.9. The van der Waals surface area contributed by atoms with Crippen molar-refractivity contribution < 1.29 is 8.78 Å². The molecule has 22 aromatic rings. The van der Waals surface area contributed by atoms with Gasteiger partial charge in [-0.3, -0.25) is 33.1 Å². The highest BCUT2D eigenvalue weighted by Gasteiger charge is 2.35. The van der Waals surface area contributed by atoms with Crippen LogP contribution in [0.3, 0.4) is 0 Å². The van der Waals surface area contributed by atoms with Crippen molar-refractivity contribution in [3.63, 3.8) is 0 Å². The van der Waals surface area contributed by atoms with Gasteiger partial charge in [-0.2, -0.15) is 52.2 Å². The minimum Gasteiger partial charge on any atom is -0.368 e. The monoisotopic (exact) mass is 2050 g/mol. The highest BCUT2D eigenvalue weighted by Crippen LogP contribution is 2.43. The van der Waals surface area contributed by atoms with Gasteiger partial charge < -0.3 is 70.9 Å². The molecule has 25 rings (SSSR count). The van der Waals surface area contributed by atoms with E-state index < -0.39 is 12.2 Å². The van der Waals surface area contributed by atoms with Crippen molar-refractivity contribution in [3.05, 3.63) is 344 Å². The molecule has 0 unspecified atom stereocenters.